The largest absolute Gasteiger partial charge is 0.469 e. The summed E-state index contributed by atoms with van der Waals surface area (Å²) in [4.78, 5) is 37.1. The van der Waals surface area contributed by atoms with Crippen molar-refractivity contribution in [2.45, 2.75) is 72.1 Å². The molecule has 0 amide bonds. The second kappa shape index (κ2) is 7.79. The summed E-state index contributed by atoms with van der Waals surface area (Å²) in [7, 11) is 2.85. The Kier molecular flexibility index (Phi) is 5.94. The second-order valence-electron chi connectivity index (χ2n) is 9.87. The number of carbonyl (C=O) groups is 3. The fraction of sp³-hybridized carbons (Fsp3) is 0.870. The van der Waals surface area contributed by atoms with E-state index in [1.807, 2.05) is 0 Å². The van der Waals surface area contributed by atoms with Crippen LogP contribution in [0.25, 0.3) is 0 Å². The molecule has 3 aliphatic rings. The maximum atomic E-state index is 12.8. The summed E-state index contributed by atoms with van der Waals surface area (Å²) in [5.41, 5.74) is -0.201. The van der Waals surface area contributed by atoms with E-state index in [1.54, 1.807) is 0 Å². The van der Waals surface area contributed by atoms with Crippen molar-refractivity contribution in [2.75, 3.05) is 14.2 Å². The number of ether oxygens (including phenoxy) is 2. The van der Waals surface area contributed by atoms with Crippen molar-refractivity contribution >= 4 is 17.7 Å². The Labute approximate surface area is 168 Å². The van der Waals surface area contributed by atoms with E-state index >= 15 is 0 Å². The van der Waals surface area contributed by atoms with E-state index < -0.39 is 0 Å². The first-order valence-corrected chi connectivity index (χ1v) is 10.9. The van der Waals surface area contributed by atoms with E-state index in [-0.39, 0.29) is 34.6 Å². The highest BCUT2D eigenvalue weighted by Crippen LogP contribution is 2.66. The lowest BCUT2D eigenvalue weighted by molar-refractivity contribution is -0.158. The molecule has 0 saturated heterocycles. The Hall–Kier alpha value is -1.39. The molecule has 0 aromatic carbocycles. The van der Waals surface area contributed by atoms with Crippen LogP contribution in [-0.2, 0) is 23.9 Å². The van der Waals surface area contributed by atoms with Crippen LogP contribution in [0.3, 0.4) is 0 Å². The molecule has 1 unspecified atom stereocenters. The molecule has 0 N–H and O–H groups in total. The Morgan fingerprint density at radius 3 is 2.32 bits per heavy atom. The molecular formula is C23H36O5. The highest BCUT2D eigenvalue weighted by Gasteiger charge is 2.61. The van der Waals surface area contributed by atoms with Crippen LogP contribution < -0.4 is 0 Å². The average molecular weight is 393 g/mol. The zero-order valence-corrected chi connectivity index (χ0v) is 18.1. The van der Waals surface area contributed by atoms with Crippen LogP contribution in [0.15, 0.2) is 0 Å². The maximum absolute atomic E-state index is 12.8. The number of ketones is 1. The molecule has 28 heavy (non-hydrogen) atoms. The van der Waals surface area contributed by atoms with Gasteiger partial charge >= 0.3 is 11.9 Å². The Balaban J connectivity index is 1.92. The summed E-state index contributed by atoms with van der Waals surface area (Å²) in [5.74, 6) is 1.51. The lowest BCUT2D eigenvalue weighted by Crippen LogP contribution is -2.53. The van der Waals surface area contributed by atoms with Gasteiger partial charge in [0.2, 0.25) is 0 Å². The first kappa shape index (κ1) is 21.3. The van der Waals surface area contributed by atoms with E-state index in [4.69, 9.17) is 9.47 Å². The van der Waals surface area contributed by atoms with E-state index in [0.29, 0.717) is 42.8 Å². The smallest absolute Gasteiger partial charge is 0.306 e. The van der Waals surface area contributed by atoms with E-state index in [2.05, 4.69) is 20.8 Å². The third-order valence-corrected chi connectivity index (χ3v) is 8.91. The molecular weight excluding hydrogens is 356 g/mol. The molecule has 0 aliphatic heterocycles. The number of rotatable bonds is 5. The van der Waals surface area contributed by atoms with Gasteiger partial charge in [0.1, 0.15) is 5.78 Å². The Bertz CT molecular complexity index is 643. The molecule has 0 radical (unpaired) electrons. The number of carbonyl (C=O) groups excluding carboxylic acids is 3. The van der Waals surface area contributed by atoms with Crippen LogP contribution in [0.1, 0.15) is 72.1 Å². The van der Waals surface area contributed by atoms with Gasteiger partial charge in [-0.15, -0.1) is 0 Å². The zero-order valence-electron chi connectivity index (χ0n) is 18.1. The SMILES string of the molecule is CC[C@@H]1C(=O)C[C@H]2[C@@H]3CCC(CC(=O)OC)[C@](C)(CC(=O)OC)[C@H]3CC[C@]12C. The minimum Gasteiger partial charge on any atom is -0.469 e. The molecule has 5 heteroatoms. The van der Waals surface area contributed by atoms with Gasteiger partial charge in [-0.1, -0.05) is 20.8 Å². The van der Waals surface area contributed by atoms with Gasteiger partial charge in [-0.2, -0.15) is 0 Å². The second-order valence-corrected chi connectivity index (χ2v) is 9.87. The van der Waals surface area contributed by atoms with E-state index in [1.165, 1.54) is 14.2 Å². The predicted octanol–water partition coefficient (Wildman–Crippen LogP) is 4.18. The van der Waals surface area contributed by atoms with Crippen LogP contribution >= 0.6 is 0 Å². The van der Waals surface area contributed by atoms with Gasteiger partial charge < -0.3 is 9.47 Å². The van der Waals surface area contributed by atoms with Crippen molar-refractivity contribution in [3.05, 3.63) is 0 Å². The molecule has 0 aromatic rings. The standard InChI is InChI=1S/C23H36O5/c1-6-16-19(24)12-18-15-8-7-14(11-20(25)27-4)23(3,13-21(26)28-5)17(15)9-10-22(16,18)2/h14-18H,6-13H2,1-5H3/t14?,15-,16-,17+,18+,22-,23+/m1/s1. The van der Waals surface area contributed by atoms with Crippen molar-refractivity contribution < 1.29 is 23.9 Å². The summed E-state index contributed by atoms with van der Waals surface area (Å²) in [6, 6.07) is 0. The summed E-state index contributed by atoms with van der Waals surface area (Å²) in [6.07, 6.45) is 6.29. The molecule has 3 saturated carbocycles. The molecule has 7 atom stereocenters. The van der Waals surface area contributed by atoms with Crippen molar-refractivity contribution in [1.82, 2.24) is 0 Å². The molecule has 3 fully saturated rings. The lowest BCUT2D eigenvalue weighted by atomic mass is 9.46. The van der Waals surface area contributed by atoms with Crippen molar-refractivity contribution in [3.8, 4) is 0 Å². The van der Waals surface area contributed by atoms with Crippen LogP contribution in [0.4, 0.5) is 0 Å². The monoisotopic (exact) mass is 392 g/mol. The third kappa shape index (κ3) is 3.29. The van der Waals surface area contributed by atoms with Gasteiger partial charge in [0, 0.05) is 18.8 Å². The maximum Gasteiger partial charge on any atom is 0.306 e. The van der Waals surface area contributed by atoms with Gasteiger partial charge in [-0.3, -0.25) is 14.4 Å². The summed E-state index contributed by atoms with van der Waals surface area (Å²) in [6.45, 7) is 6.63. The van der Waals surface area contributed by atoms with E-state index in [9.17, 15) is 14.4 Å². The quantitative estimate of drug-likeness (QED) is 0.657. The minimum atomic E-state index is -0.293. The van der Waals surface area contributed by atoms with Gasteiger partial charge in [-0.25, -0.2) is 0 Å². The fourth-order valence-electron chi connectivity index (χ4n) is 7.40. The highest BCUT2D eigenvalue weighted by atomic mass is 16.5. The first-order valence-electron chi connectivity index (χ1n) is 10.9. The molecule has 5 nitrogen and oxygen atoms in total. The predicted molar refractivity (Wildman–Crippen MR) is 105 cm³/mol. The Morgan fingerprint density at radius 2 is 1.71 bits per heavy atom. The number of hydrogen-bond donors (Lipinski definition) is 0. The average Bonchev–Trinajstić information content (AvgIpc) is 2.93. The van der Waals surface area contributed by atoms with E-state index in [0.717, 1.165) is 32.1 Å². The van der Waals surface area contributed by atoms with Gasteiger partial charge in [0.05, 0.1) is 20.6 Å². The topological polar surface area (TPSA) is 69.7 Å². The summed E-state index contributed by atoms with van der Waals surface area (Å²) >= 11 is 0. The zero-order chi connectivity index (χ0) is 20.7. The molecule has 3 rings (SSSR count). The van der Waals surface area contributed by atoms with Crippen LogP contribution in [0.2, 0.25) is 0 Å². The first-order chi connectivity index (χ1) is 13.2. The molecule has 0 spiro atoms. The number of methoxy groups -OCH3 is 2. The molecule has 0 bridgehead atoms. The molecule has 0 heterocycles. The highest BCUT2D eigenvalue weighted by molar-refractivity contribution is 5.84. The molecule has 3 aliphatic carbocycles. The number of fused-ring (bicyclic) bond motifs is 3. The van der Waals surface area contributed by atoms with Crippen molar-refractivity contribution in [1.29, 1.82) is 0 Å². The van der Waals surface area contributed by atoms with Gasteiger partial charge in [-0.05, 0) is 66.6 Å². The van der Waals surface area contributed by atoms with Crippen molar-refractivity contribution in [3.63, 3.8) is 0 Å². The lowest BCUT2D eigenvalue weighted by Gasteiger charge is -2.58. The van der Waals surface area contributed by atoms with Crippen LogP contribution in [-0.4, -0.2) is 31.9 Å². The molecule has 0 aromatic heterocycles. The Morgan fingerprint density at radius 1 is 1.04 bits per heavy atom. The van der Waals surface area contributed by atoms with Crippen LogP contribution in [0, 0.1) is 40.4 Å². The van der Waals surface area contributed by atoms with Gasteiger partial charge in [0.25, 0.3) is 0 Å². The number of hydrogen-bond acceptors (Lipinski definition) is 5. The summed E-state index contributed by atoms with van der Waals surface area (Å²) in [5, 5.41) is 0. The number of Topliss-reactive ketones (excluding diaryl/α,β-unsaturated/α-hetero) is 1. The summed E-state index contributed by atoms with van der Waals surface area (Å²) < 4.78 is 9.97. The van der Waals surface area contributed by atoms with Crippen molar-refractivity contribution in [2.24, 2.45) is 40.4 Å². The molecule has 158 valence electrons. The number of esters is 2. The van der Waals surface area contributed by atoms with Crippen LogP contribution in [0.5, 0.6) is 0 Å². The minimum absolute atomic E-state index is 0.0916. The normalized spacial score (nSPS) is 42.5. The third-order valence-electron chi connectivity index (χ3n) is 8.91. The van der Waals surface area contributed by atoms with Gasteiger partial charge in [0.15, 0.2) is 0 Å². The fourth-order valence-corrected chi connectivity index (χ4v) is 7.40.